The van der Waals surface area contributed by atoms with Crippen LogP contribution in [0.25, 0.3) is 11.3 Å². The number of carbonyl (C=O) groups is 1. The van der Waals surface area contributed by atoms with Crippen molar-refractivity contribution in [2.75, 3.05) is 25.6 Å². The molecule has 0 saturated carbocycles. The highest BCUT2D eigenvalue weighted by Gasteiger charge is 2.15. The summed E-state index contributed by atoms with van der Waals surface area (Å²) < 4.78 is 11.5. The summed E-state index contributed by atoms with van der Waals surface area (Å²) in [5.74, 6) is 0.992. The Bertz CT molecular complexity index is 1030. The van der Waals surface area contributed by atoms with Crippen LogP contribution < -0.4 is 14.8 Å². The van der Waals surface area contributed by atoms with E-state index in [1.54, 1.807) is 37.6 Å². The minimum absolute atomic E-state index is 0.232. The van der Waals surface area contributed by atoms with Gasteiger partial charge in [0.25, 0.3) is 5.91 Å². The van der Waals surface area contributed by atoms with Crippen LogP contribution in [0, 0.1) is 0 Å². The van der Waals surface area contributed by atoms with Gasteiger partial charge in [-0.15, -0.1) is 0 Å². The first kappa shape index (κ1) is 24.3. The highest BCUT2D eigenvalue weighted by Crippen LogP contribution is 2.30. The number of hydrogen-bond acceptors (Lipinski definition) is 5. The van der Waals surface area contributed by atoms with Crippen molar-refractivity contribution in [2.45, 2.75) is 39.8 Å². The number of nitrogens with zero attached hydrogens (tertiary/aromatic N) is 2. The van der Waals surface area contributed by atoms with Crippen molar-refractivity contribution >= 4 is 11.6 Å². The van der Waals surface area contributed by atoms with E-state index < -0.39 is 0 Å². The average Bonchev–Trinajstić information content (AvgIpc) is 2.82. The lowest BCUT2D eigenvalue weighted by atomic mass is 10.1. The first-order chi connectivity index (χ1) is 15.9. The number of ether oxygens (including phenoxy) is 2. The number of hydrogen-bond donors (Lipinski definition) is 1. The Balaban J connectivity index is 1.66. The summed E-state index contributed by atoms with van der Waals surface area (Å²) in [4.78, 5) is 19.5. The second-order valence-corrected chi connectivity index (χ2v) is 8.39. The van der Waals surface area contributed by atoms with Gasteiger partial charge in [0, 0.05) is 42.1 Å². The van der Waals surface area contributed by atoms with E-state index in [1.165, 1.54) is 0 Å². The van der Waals surface area contributed by atoms with Crippen LogP contribution in [0.5, 0.6) is 11.5 Å². The number of anilines is 1. The van der Waals surface area contributed by atoms with Crippen molar-refractivity contribution in [3.05, 3.63) is 72.4 Å². The van der Waals surface area contributed by atoms with Gasteiger partial charge in [-0.1, -0.05) is 30.3 Å². The maximum absolute atomic E-state index is 12.8. The van der Waals surface area contributed by atoms with E-state index in [4.69, 9.17) is 9.47 Å². The number of rotatable bonds is 10. The predicted molar refractivity (Wildman–Crippen MR) is 133 cm³/mol. The molecule has 174 valence electrons. The lowest BCUT2D eigenvalue weighted by molar-refractivity contribution is 0.102. The molecule has 0 aliphatic heterocycles. The molecule has 2 aromatic carbocycles. The van der Waals surface area contributed by atoms with Gasteiger partial charge >= 0.3 is 0 Å². The van der Waals surface area contributed by atoms with Gasteiger partial charge in [0.15, 0.2) is 11.5 Å². The molecule has 0 bridgehead atoms. The van der Waals surface area contributed by atoms with Crippen LogP contribution >= 0.6 is 0 Å². The molecule has 0 saturated heterocycles. The second-order valence-electron chi connectivity index (χ2n) is 8.39. The molecule has 1 N–H and O–H groups in total. The molecule has 0 unspecified atom stereocenters. The van der Waals surface area contributed by atoms with Crippen molar-refractivity contribution < 1.29 is 14.3 Å². The van der Waals surface area contributed by atoms with E-state index in [2.05, 4.69) is 42.9 Å². The summed E-state index contributed by atoms with van der Waals surface area (Å²) in [6.07, 6.45) is 1.59. The van der Waals surface area contributed by atoms with E-state index in [0.717, 1.165) is 17.8 Å². The Kier molecular flexibility index (Phi) is 8.44. The Labute approximate surface area is 196 Å². The monoisotopic (exact) mass is 447 g/mol. The number of carbonyl (C=O) groups excluding carboxylic acids is 1. The molecule has 0 aliphatic rings. The Morgan fingerprint density at radius 1 is 0.970 bits per heavy atom. The zero-order valence-corrected chi connectivity index (χ0v) is 20.0. The normalized spacial score (nSPS) is 11.2. The average molecular weight is 448 g/mol. The third kappa shape index (κ3) is 6.56. The number of pyridine rings is 1. The van der Waals surface area contributed by atoms with Crippen LogP contribution in [-0.4, -0.2) is 48.1 Å². The summed E-state index contributed by atoms with van der Waals surface area (Å²) in [5.41, 5.74) is 2.95. The maximum Gasteiger partial charge on any atom is 0.257 e. The Morgan fingerprint density at radius 2 is 1.70 bits per heavy atom. The number of methoxy groups -OCH3 is 1. The molecule has 3 rings (SSSR count). The van der Waals surface area contributed by atoms with Crippen molar-refractivity contribution in [2.24, 2.45) is 0 Å². The molecule has 0 spiro atoms. The van der Waals surface area contributed by atoms with Gasteiger partial charge in [-0.25, -0.2) is 0 Å². The van der Waals surface area contributed by atoms with Gasteiger partial charge < -0.3 is 14.8 Å². The van der Waals surface area contributed by atoms with E-state index in [1.807, 2.05) is 36.4 Å². The zero-order chi connectivity index (χ0) is 23.8. The zero-order valence-electron chi connectivity index (χ0n) is 20.0. The largest absolute Gasteiger partial charge is 0.493 e. The van der Waals surface area contributed by atoms with E-state index >= 15 is 0 Å². The maximum atomic E-state index is 12.8. The molecule has 0 radical (unpaired) electrons. The van der Waals surface area contributed by atoms with Crippen LogP contribution in [0.2, 0.25) is 0 Å². The third-order valence-corrected chi connectivity index (χ3v) is 5.45. The summed E-state index contributed by atoms with van der Waals surface area (Å²) >= 11 is 0. The molecule has 0 fully saturated rings. The van der Waals surface area contributed by atoms with Crippen molar-refractivity contribution in [1.29, 1.82) is 0 Å². The van der Waals surface area contributed by atoms with Crippen LogP contribution in [0.1, 0.15) is 38.1 Å². The van der Waals surface area contributed by atoms with Gasteiger partial charge in [-0.2, -0.15) is 0 Å². The quantitative estimate of drug-likeness (QED) is 0.444. The Hall–Kier alpha value is -3.38. The summed E-state index contributed by atoms with van der Waals surface area (Å²) in [7, 11) is 1.61. The lowest BCUT2D eigenvalue weighted by Crippen LogP contribution is -2.39. The molecular formula is C27H33N3O3. The summed E-state index contributed by atoms with van der Waals surface area (Å²) in [6, 6.07) is 19.7. The van der Waals surface area contributed by atoms with Gasteiger partial charge in [-0.05, 0) is 52.0 Å². The topological polar surface area (TPSA) is 63.7 Å². The molecule has 6 heteroatoms. The lowest BCUT2D eigenvalue weighted by Gasteiger charge is -2.30. The Morgan fingerprint density at radius 3 is 2.30 bits per heavy atom. The summed E-state index contributed by atoms with van der Waals surface area (Å²) in [6.45, 7) is 10.0. The molecule has 6 nitrogen and oxygen atoms in total. The molecule has 33 heavy (non-hydrogen) atoms. The van der Waals surface area contributed by atoms with Gasteiger partial charge in [-0.3, -0.25) is 14.7 Å². The van der Waals surface area contributed by atoms with Crippen LogP contribution in [0.3, 0.4) is 0 Å². The smallest absolute Gasteiger partial charge is 0.257 e. The van der Waals surface area contributed by atoms with E-state index in [-0.39, 0.29) is 5.91 Å². The van der Waals surface area contributed by atoms with Crippen LogP contribution in [-0.2, 0) is 0 Å². The van der Waals surface area contributed by atoms with Gasteiger partial charge in [0.2, 0.25) is 0 Å². The van der Waals surface area contributed by atoms with Crippen molar-refractivity contribution in [3.8, 4) is 22.8 Å². The highest BCUT2D eigenvalue weighted by atomic mass is 16.5. The molecule has 1 heterocycles. The summed E-state index contributed by atoms with van der Waals surface area (Å²) in [5, 5.41) is 2.92. The first-order valence-corrected chi connectivity index (χ1v) is 11.3. The number of amides is 1. The van der Waals surface area contributed by atoms with Crippen LogP contribution in [0.15, 0.2) is 66.9 Å². The molecular weight excluding hydrogens is 414 g/mol. The third-order valence-electron chi connectivity index (χ3n) is 5.45. The molecule has 1 aromatic heterocycles. The fraction of sp³-hybridized carbons (Fsp3) is 0.333. The highest BCUT2D eigenvalue weighted by molar-refractivity contribution is 6.04. The van der Waals surface area contributed by atoms with Crippen molar-refractivity contribution in [3.63, 3.8) is 0 Å². The van der Waals surface area contributed by atoms with E-state index in [0.29, 0.717) is 41.4 Å². The number of aromatic nitrogens is 1. The minimum atomic E-state index is -0.232. The van der Waals surface area contributed by atoms with E-state index in [9.17, 15) is 4.79 Å². The number of benzene rings is 2. The molecule has 0 atom stereocenters. The molecule has 0 aliphatic carbocycles. The van der Waals surface area contributed by atoms with Gasteiger partial charge in [0.05, 0.1) is 18.4 Å². The molecule has 3 aromatic rings. The SMILES string of the molecule is COc1ccc(NC(=O)c2ccc(-c3ccccc3)nc2)cc1OCCN(C(C)C)C(C)C. The fourth-order valence-corrected chi connectivity index (χ4v) is 3.75. The van der Waals surface area contributed by atoms with Crippen molar-refractivity contribution in [1.82, 2.24) is 9.88 Å². The first-order valence-electron chi connectivity index (χ1n) is 11.3. The predicted octanol–water partition coefficient (Wildman–Crippen LogP) is 5.51. The minimum Gasteiger partial charge on any atom is -0.493 e. The fourth-order valence-electron chi connectivity index (χ4n) is 3.75. The van der Waals surface area contributed by atoms with Gasteiger partial charge in [0.1, 0.15) is 6.61 Å². The standard InChI is InChI=1S/C27H33N3O3/c1-19(2)30(20(3)4)15-16-33-26-17-23(12-14-25(26)32-5)29-27(31)22-11-13-24(28-18-22)21-9-7-6-8-10-21/h6-14,17-20H,15-16H2,1-5H3,(H,29,31). The van der Waals surface area contributed by atoms with Crippen LogP contribution in [0.4, 0.5) is 5.69 Å². The second kappa shape index (κ2) is 11.5. The molecule has 1 amide bonds. The number of nitrogens with one attached hydrogen (secondary N) is 1.